The van der Waals surface area contributed by atoms with Gasteiger partial charge in [-0.05, 0) is 46.8 Å². The van der Waals surface area contributed by atoms with Crippen molar-refractivity contribution in [1.82, 2.24) is 15.1 Å². The zero-order valence-corrected chi connectivity index (χ0v) is 10.4. The molecule has 0 aromatic rings. The van der Waals surface area contributed by atoms with Gasteiger partial charge in [-0.3, -0.25) is 9.80 Å². The van der Waals surface area contributed by atoms with E-state index < -0.39 is 0 Å². The number of rotatable bonds is 1. The van der Waals surface area contributed by atoms with Gasteiger partial charge in [0.15, 0.2) is 0 Å². The van der Waals surface area contributed by atoms with E-state index in [-0.39, 0.29) is 0 Å². The molecule has 88 valence electrons. The fourth-order valence-electron chi connectivity index (χ4n) is 2.92. The Morgan fingerprint density at radius 3 is 2.07 bits per heavy atom. The summed E-state index contributed by atoms with van der Waals surface area (Å²) in [5.74, 6) is 0. The molecule has 15 heavy (non-hydrogen) atoms. The van der Waals surface area contributed by atoms with E-state index in [0.717, 1.165) is 6.04 Å². The van der Waals surface area contributed by atoms with Crippen LogP contribution in [-0.4, -0.2) is 61.2 Å². The molecule has 3 heteroatoms. The number of likely N-dealkylation sites (N-methyl/N-ethyl adjacent to an activating group) is 1. The van der Waals surface area contributed by atoms with Gasteiger partial charge in [0, 0.05) is 31.2 Å². The lowest BCUT2D eigenvalue weighted by Crippen LogP contribution is -2.58. The third-order valence-electron chi connectivity index (χ3n) is 4.21. The number of piperidine rings is 1. The highest BCUT2D eigenvalue weighted by Gasteiger charge is 2.30. The van der Waals surface area contributed by atoms with Crippen molar-refractivity contribution in [2.75, 3.05) is 33.2 Å². The summed E-state index contributed by atoms with van der Waals surface area (Å²) in [6, 6.07) is 2.26. The van der Waals surface area contributed by atoms with Crippen molar-refractivity contribution in [3.8, 4) is 0 Å². The molecule has 0 amide bonds. The summed E-state index contributed by atoms with van der Waals surface area (Å²) >= 11 is 0. The van der Waals surface area contributed by atoms with E-state index in [9.17, 15) is 0 Å². The van der Waals surface area contributed by atoms with Crippen molar-refractivity contribution in [3.05, 3.63) is 0 Å². The van der Waals surface area contributed by atoms with Crippen LogP contribution in [0.3, 0.4) is 0 Å². The van der Waals surface area contributed by atoms with Crippen LogP contribution < -0.4 is 5.32 Å². The van der Waals surface area contributed by atoms with E-state index in [0.29, 0.717) is 12.1 Å². The smallest absolute Gasteiger partial charge is 0.0195 e. The quantitative estimate of drug-likeness (QED) is 0.691. The third kappa shape index (κ3) is 2.52. The highest BCUT2D eigenvalue weighted by atomic mass is 15.3. The Morgan fingerprint density at radius 2 is 1.53 bits per heavy atom. The Kier molecular flexibility index (Phi) is 3.65. The number of piperazine rings is 1. The first-order chi connectivity index (χ1) is 7.18. The second-order valence-corrected chi connectivity index (χ2v) is 5.30. The third-order valence-corrected chi connectivity index (χ3v) is 4.21. The predicted octanol–water partition coefficient (Wildman–Crippen LogP) is 0.763. The summed E-state index contributed by atoms with van der Waals surface area (Å²) in [7, 11) is 2.26. The molecule has 0 spiro atoms. The summed E-state index contributed by atoms with van der Waals surface area (Å²) in [5.41, 5.74) is 0. The molecule has 0 unspecified atom stereocenters. The summed E-state index contributed by atoms with van der Waals surface area (Å²) in [6.07, 6.45) is 2.67. The Labute approximate surface area is 93.8 Å². The highest BCUT2D eigenvalue weighted by molar-refractivity contribution is 4.88. The Balaban J connectivity index is 1.92. The van der Waals surface area contributed by atoms with Gasteiger partial charge in [-0.25, -0.2) is 0 Å². The molecular formula is C12H25N3. The topological polar surface area (TPSA) is 18.5 Å². The van der Waals surface area contributed by atoms with Crippen LogP contribution in [0.5, 0.6) is 0 Å². The van der Waals surface area contributed by atoms with Crippen molar-refractivity contribution in [2.45, 2.75) is 44.8 Å². The van der Waals surface area contributed by atoms with Crippen molar-refractivity contribution in [2.24, 2.45) is 0 Å². The molecule has 2 heterocycles. The summed E-state index contributed by atoms with van der Waals surface area (Å²) in [5, 5.41) is 3.45. The van der Waals surface area contributed by atoms with Crippen LogP contribution in [0.2, 0.25) is 0 Å². The maximum absolute atomic E-state index is 3.45. The maximum Gasteiger partial charge on any atom is 0.0195 e. The van der Waals surface area contributed by atoms with Gasteiger partial charge in [0.2, 0.25) is 0 Å². The molecule has 2 aliphatic rings. The molecule has 0 aromatic heterocycles. The van der Waals surface area contributed by atoms with E-state index in [1.54, 1.807) is 0 Å². The molecule has 0 aromatic carbocycles. The Hall–Kier alpha value is -0.120. The normalized spacial score (nSPS) is 37.0. The minimum absolute atomic E-state index is 0.712. The van der Waals surface area contributed by atoms with Crippen LogP contribution in [0, 0.1) is 0 Å². The summed E-state index contributed by atoms with van der Waals surface area (Å²) < 4.78 is 0. The van der Waals surface area contributed by atoms with E-state index in [1.165, 1.54) is 39.0 Å². The van der Waals surface area contributed by atoms with Gasteiger partial charge in [0.05, 0.1) is 0 Å². The number of nitrogens with one attached hydrogen (secondary N) is 1. The molecule has 1 N–H and O–H groups in total. The molecule has 2 saturated heterocycles. The first-order valence-electron chi connectivity index (χ1n) is 6.35. The zero-order chi connectivity index (χ0) is 10.8. The average Bonchev–Trinajstić information content (AvgIpc) is 2.26. The fourth-order valence-corrected chi connectivity index (χ4v) is 2.92. The standard InChI is InChI=1S/C12H25N3/c1-10-8-15(9-11(2)14(10)3)12-4-6-13-7-5-12/h10-13H,4-9H2,1-3H3/t10-,11+. The monoisotopic (exact) mass is 211 g/mol. The van der Waals surface area contributed by atoms with Crippen LogP contribution in [-0.2, 0) is 0 Å². The molecule has 2 rings (SSSR count). The van der Waals surface area contributed by atoms with Crippen LogP contribution in [0.15, 0.2) is 0 Å². The number of nitrogens with zero attached hydrogens (tertiary/aromatic N) is 2. The molecule has 0 saturated carbocycles. The van der Waals surface area contributed by atoms with Gasteiger partial charge in [-0.1, -0.05) is 0 Å². The second-order valence-electron chi connectivity index (χ2n) is 5.30. The van der Waals surface area contributed by atoms with Gasteiger partial charge < -0.3 is 5.32 Å². The van der Waals surface area contributed by atoms with E-state index in [1.807, 2.05) is 0 Å². The van der Waals surface area contributed by atoms with Gasteiger partial charge in [0.25, 0.3) is 0 Å². The Bertz CT molecular complexity index is 189. The molecule has 0 aliphatic carbocycles. The van der Waals surface area contributed by atoms with Gasteiger partial charge in [-0.15, -0.1) is 0 Å². The number of hydrogen-bond acceptors (Lipinski definition) is 3. The molecule has 3 nitrogen and oxygen atoms in total. The lowest BCUT2D eigenvalue weighted by Gasteiger charge is -2.46. The van der Waals surface area contributed by atoms with Crippen LogP contribution in [0.4, 0.5) is 0 Å². The first kappa shape index (κ1) is 11.4. The minimum Gasteiger partial charge on any atom is -0.317 e. The Morgan fingerprint density at radius 1 is 1.00 bits per heavy atom. The molecule has 0 radical (unpaired) electrons. The lowest BCUT2D eigenvalue weighted by atomic mass is 10.0. The van der Waals surface area contributed by atoms with Gasteiger partial charge in [-0.2, -0.15) is 0 Å². The van der Waals surface area contributed by atoms with Crippen molar-refractivity contribution >= 4 is 0 Å². The van der Waals surface area contributed by atoms with E-state index in [4.69, 9.17) is 0 Å². The minimum atomic E-state index is 0.712. The van der Waals surface area contributed by atoms with Crippen molar-refractivity contribution < 1.29 is 0 Å². The molecule has 2 fully saturated rings. The zero-order valence-electron chi connectivity index (χ0n) is 10.4. The van der Waals surface area contributed by atoms with E-state index >= 15 is 0 Å². The summed E-state index contributed by atoms with van der Waals surface area (Å²) in [4.78, 5) is 5.23. The van der Waals surface area contributed by atoms with E-state index in [2.05, 4.69) is 36.0 Å². The van der Waals surface area contributed by atoms with Crippen LogP contribution in [0.25, 0.3) is 0 Å². The number of hydrogen-bond donors (Lipinski definition) is 1. The average molecular weight is 211 g/mol. The van der Waals surface area contributed by atoms with Crippen LogP contribution >= 0.6 is 0 Å². The lowest BCUT2D eigenvalue weighted by molar-refractivity contribution is 0.0252. The summed E-state index contributed by atoms with van der Waals surface area (Å²) in [6.45, 7) is 9.63. The second kappa shape index (κ2) is 4.81. The van der Waals surface area contributed by atoms with Gasteiger partial charge >= 0.3 is 0 Å². The molecule has 2 aliphatic heterocycles. The highest BCUT2D eigenvalue weighted by Crippen LogP contribution is 2.19. The van der Waals surface area contributed by atoms with Crippen molar-refractivity contribution in [1.29, 1.82) is 0 Å². The molecule has 0 bridgehead atoms. The first-order valence-corrected chi connectivity index (χ1v) is 6.35. The van der Waals surface area contributed by atoms with Gasteiger partial charge in [0.1, 0.15) is 0 Å². The van der Waals surface area contributed by atoms with Crippen molar-refractivity contribution in [3.63, 3.8) is 0 Å². The molecule has 2 atom stereocenters. The maximum atomic E-state index is 3.45. The fraction of sp³-hybridized carbons (Fsp3) is 1.00. The molecular weight excluding hydrogens is 186 g/mol. The SMILES string of the molecule is C[C@@H]1CN(C2CCNCC2)C[C@H](C)N1C. The predicted molar refractivity (Wildman–Crippen MR) is 64.2 cm³/mol. The largest absolute Gasteiger partial charge is 0.317 e. The van der Waals surface area contributed by atoms with Crippen LogP contribution in [0.1, 0.15) is 26.7 Å².